The van der Waals surface area contributed by atoms with Crippen LogP contribution in [-0.2, 0) is 3.42 Å². The minimum absolute atomic E-state index is 0.155. The monoisotopic (exact) mass is 310 g/mol. The maximum atomic E-state index is 2.56. The van der Waals surface area contributed by atoms with Crippen molar-refractivity contribution in [1.29, 1.82) is 0 Å². The summed E-state index contributed by atoms with van der Waals surface area (Å²) < 4.78 is 0.155. The Bertz CT molecular complexity index is 429. The van der Waals surface area contributed by atoms with E-state index in [4.69, 9.17) is 0 Å². The van der Waals surface area contributed by atoms with Crippen molar-refractivity contribution in [3.05, 3.63) is 59.2 Å². The average Bonchev–Trinajstić information content (AvgIpc) is 2.23. The number of rotatable bonds is 1. The van der Waals surface area contributed by atoms with E-state index in [0.717, 1.165) is 6.42 Å². The molecule has 0 amide bonds. The maximum absolute atomic E-state index is 2.56. The first-order valence-corrected chi connectivity index (χ1v) is 6.31. The molecular formula is C14H15I. The van der Waals surface area contributed by atoms with Gasteiger partial charge in [0.2, 0.25) is 0 Å². The molecule has 0 saturated heterocycles. The van der Waals surface area contributed by atoms with Crippen molar-refractivity contribution in [1.82, 2.24) is 0 Å². The Kier molecular flexibility index (Phi) is 3.01. The van der Waals surface area contributed by atoms with Gasteiger partial charge in [-0.15, -0.1) is 0 Å². The predicted octanol–water partition coefficient (Wildman–Crippen LogP) is 4.45. The SMILES string of the molecule is Cc1ccc(C)c([C@@]2(I)C=CC=CC2)c1. The molecule has 15 heavy (non-hydrogen) atoms. The maximum Gasteiger partial charge on any atom is 0.0689 e. The second kappa shape index (κ2) is 4.12. The summed E-state index contributed by atoms with van der Waals surface area (Å²) in [5.41, 5.74) is 4.17. The van der Waals surface area contributed by atoms with Gasteiger partial charge in [-0.2, -0.15) is 0 Å². The Morgan fingerprint density at radius 3 is 2.67 bits per heavy atom. The molecule has 2 rings (SSSR count). The van der Waals surface area contributed by atoms with Gasteiger partial charge in [0.05, 0.1) is 3.42 Å². The van der Waals surface area contributed by atoms with Gasteiger partial charge < -0.3 is 0 Å². The van der Waals surface area contributed by atoms with E-state index in [-0.39, 0.29) is 3.42 Å². The molecule has 0 radical (unpaired) electrons. The Balaban J connectivity index is 2.48. The van der Waals surface area contributed by atoms with Crippen molar-refractivity contribution in [2.24, 2.45) is 0 Å². The number of halogens is 1. The van der Waals surface area contributed by atoms with Crippen LogP contribution in [0.2, 0.25) is 0 Å². The molecule has 1 atom stereocenters. The highest BCUT2D eigenvalue weighted by atomic mass is 127. The zero-order valence-corrected chi connectivity index (χ0v) is 11.3. The third-order valence-electron chi connectivity index (χ3n) is 2.86. The Morgan fingerprint density at radius 2 is 2.00 bits per heavy atom. The fourth-order valence-electron chi connectivity index (χ4n) is 1.98. The van der Waals surface area contributed by atoms with Gasteiger partial charge in [0.15, 0.2) is 0 Å². The Labute approximate surface area is 105 Å². The normalized spacial score (nSPS) is 24.5. The van der Waals surface area contributed by atoms with Gasteiger partial charge in [0.25, 0.3) is 0 Å². The zero-order chi connectivity index (χ0) is 10.9. The van der Waals surface area contributed by atoms with Crippen LogP contribution in [-0.4, -0.2) is 0 Å². The van der Waals surface area contributed by atoms with Crippen LogP contribution in [0.4, 0.5) is 0 Å². The lowest BCUT2D eigenvalue weighted by Crippen LogP contribution is -2.16. The Morgan fingerprint density at radius 1 is 1.20 bits per heavy atom. The van der Waals surface area contributed by atoms with Crippen LogP contribution in [0, 0.1) is 13.8 Å². The third kappa shape index (κ3) is 2.17. The van der Waals surface area contributed by atoms with Crippen molar-refractivity contribution >= 4 is 22.6 Å². The fraction of sp³-hybridized carbons (Fsp3) is 0.286. The van der Waals surface area contributed by atoms with Gasteiger partial charge in [-0.25, -0.2) is 0 Å². The lowest BCUT2D eigenvalue weighted by atomic mass is 9.88. The largest absolute Gasteiger partial charge is 0.0826 e. The summed E-state index contributed by atoms with van der Waals surface area (Å²) in [6, 6.07) is 6.71. The highest BCUT2D eigenvalue weighted by Gasteiger charge is 2.27. The summed E-state index contributed by atoms with van der Waals surface area (Å²) in [5, 5.41) is 0. The van der Waals surface area contributed by atoms with E-state index in [1.807, 2.05) is 0 Å². The van der Waals surface area contributed by atoms with Crippen LogP contribution >= 0.6 is 22.6 Å². The molecule has 0 bridgehead atoms. The molecule has 0 spiro atoms. The smallest absolute Gasteiger partial charge is 0.0689 e. The molecule has 0 aliphatic heterocycles. The molecule has 1 aromatic carbocycles. The molecule has 78 valence electrons. The van der Waals surface area contributed by atoms with Crippen LogP contribution < -0.4 is 0 Å². The van der Waals surface area contributed by atoms with Crippen molar-refractivity contribution in [2.45, 2.75) is 23.7 Å². The van der Waals surface area contributed by atoms with Gasteiger partial charge >= 0.3 is 0 Å². The van der Waals surface area contributed by atoms with E-state index in [1.54, 1.807) is 0 Å². The van der Waals surface area contributed by atoms with Gasteiger partial charge in [0.1, 0.15) is 0 Å². The van der Waals surface area contributed by atoms with E-state index < -0.39 is 0 Å². The molecular weight excluding hydrogens is 295 g/mol. The molecule has 0 heterocycles. The minimum atomic E-state index is 0.155. The van der Waals surface area contributed by atoms with E-state index in [1.165, 1.54) is 16.7 Å². The van der Waals surface area contributed by atoms with E-state index in [0.29, 0.717) is 0 Å². The van der Waals surface area contributed by atoms with Gasteiger partial charge in [-0.1, -0.05) is 70.7 Å². The molecule has 1 aromatic rings. The summed E-state index contributed by atoms with van der Waals surface area (Å²) in [4.78, 5) is 0. The topological polar surface area (TPSA) is 0 Å². The van der Waals surface area contributed by atoms with Crippen LogP contribution in [0.1, 0.15) is 23.1 Å². The summed E-state index contributed by atoms with van der Waals surface area (Å²) in [7, 11) is 0. The van der Waals surface area contributed by atoms with Gasteiger partial charge in [-0.3, -0.25) is 0 Å². The molecule has 0 fully saturated rings. The second-order valence-corrected chi connectivity index (χ2v) is 6.10. The molecule has 0 nitrogen and oxygen atoms in total. The highest BCUT2D eigenvalue weighted by molar-refractivity contribution is 14.1. The molecule has 1 aliphatic carbocycles. The number of hydrogen-bond donors (Lipinski definition) is 0. The van der Waals surface area contributed by atoms with E-state index in [9.17, 15) is 0 Å². The number of benzene rings is 1. The predicted molar refractivity (Wildman–Crippen MR) is 74.5 cm³/mol. The van der Waals surface area contributed by atoms with Crippen molar-refractivity contribution in [2.75, 3.05) is 0 Å². The Hall–Kier alpha value is -0.570. The summed E-state index contributed by atoms with van der Waals surface area (Å²) in [6.07, 6.45) is 9.91. The first kappa shape index (κ1) is 10.9. The van der Waals surface area contributed by atoms with Gasteiger partial charge in [0, 0.05) is 0 Å². The second-order valence-electron chi connectivity index (χ2n) is 4.17. The molecule has 0 aromatic heterocycles. The van der Waals surface area contributed by atoms with Gasteiger partial charge in [-0.05, 0) is 31.4 Å². The van der Waals surface area contributed by atoms with Crippen molar-refractivity contribution in [3.63, 3.8) is 0 Å². The number of alkyl halides is 1. The number of hydrogen-bond acceptors (Lipinski definition) is 0. The summed E-state index contributed by atoms with van der Waals surface area (Å²) >= 11 is 2.56. The third-order valence-corrected chi connectivity index (χ3v) is 4.24. The van der Waals surface area contributed by atoms with Crippen LogP contribution in [0.5, 0.6) is 0 Å². The molecule has 0 N–H and O–H groups in total. The molecule has 0 unspecified atom stereocenters. The van der Waals surface area contributed by atoms with Crippen LogP contribution in [0.3, 0.4) is 0 Å². The van der Waals surface area contributed by atoms with Crippen molar-refractivity contribution in [3.8, 4) is 0 Å². The quantitative estimate of drug-likeness (QED) is 0.531. The minimum Gasteiger partial charge on any atom is -0.0826 e. The zero-order valence-electron chi connectivity index (χ0n) is 9.13. The first-order valence-electron chi connectivity index (χ1n) is 5.23. The highest BCUT2D eigenvalue weighted by Crippen LogP contribution is 2.41. The standard InChI is InChI=1S/C14H15I/c1-11-6-7-12(2)13(10-11)14(15)8-4-3-5-9-14/h3-8,10H,9H2,1-2H3/t14-/m1/s1. The van der Waals surface area contributed by atoms with E-state index in [2.05, 4.69) is 78.9 Å². The van der Waals surface area contributed by atoms with Crippen molar-refractivity contribution < 1.29 is 0 Å². The average molecular weight is 310 g/mol. The van der Waals surface area contributed by atoms with Crippen LogP contribution in [0.15, 0.2) is 42.5 Å². The molecule has 1 heteroatoms. The first-order chi connectivity index (χ1) is 7.12. The summed E-state index contributed by atoms with van der Waals surface area (Å²) in [5.74, 6) is 0. The lowest BCUT2D eigenvalue weighted by molar-refractivity contribution is 0.809. The number of aryl methyl sites for hydroxylation is 2. The number of allylic oxidation sites excluding steroid dienone is 4. The van der Waals surface area contributed by atoms with Crippen LogP contribution in [0.25, 0.3) is 0 Å². The molecule has 1 aliphatic rings. The lowest BCUT2D eigenvalue weighted by Gasteiger charge is -2.27. The fourth-order valence-corrected chi connectivity index (χ4v) is 3.02. The molecule has 0 saturated carbocycles. The van der Waals surface area contributed by atoms with E-state index >= 15 is 0 Å². The summed E-state index contributed by atoms with van der Waals surface area (Å²) in [6.45, 7) is 4.35.